The van der Waals surface area contributed by atoms with Crippen LogP contribution in [0.3, 0.4) is 0 Å². The molecule has 0 aliphatic carbocycles. The molecule has 100 valence electrons. The van der Waals surface area contributed by atoms with E-state index in [0.717, 1.165) is 32.4 Å². The third kappa shape index (κ3) is 3.40. The summed E-state index contributed by atoms with van der Waals surface area (Å²) >= 11 is 0. The fraction of sp³-hybridized carbons (Fsp3) is 0.917. The predicted molar refractivity (Wildman–Crippen MR) is 65.6 cm³/mol. The highest BCUT2D eigenvalue weighted by molar-refractivity contribution is 5.83. The third-order valence-electron chi connectivity index (χ3n) is 3.72. The number of aliphatic hydroxyl groups is 2. The van der Waals surface area contributed by atoms with Crippen molar-refractivity contribution in [2.24, 2.45) is 5.41 Å². The standard InChI is InChI=1S/C12H24N2O3/c1-2-12(3-5-13-6-4-12)11(17)14(7-9-15)8-10-16/h13,15-16H,2-10H2,1H3. The SMILES string of the molecule is CCC1(C(=O)N(CCO)CCO)CCNCC1. The summed E-state index contributed by atoms with van der Waals surface area (Å²) in [5.41, 5.74) is -0.296. The van der Waals surface area contributed by atoms with Crippen LogP contribution in [0, 0.1) is 5.41 Å². The van der Waals surface area contributed by atoms with Gasteiger partial charge in [0.25, 0.3) is 0 Å². The minimum absolute atomic E-state index is 0.0518. The topological polar surface area (TPSA) is 72.8 Å². The van der Waals surface area contributed by atoms with Crippen LogP contribution in [0.1, 0.15) is 26.2 Å². The van der Waals surface area contributed by atoms with Gasteiger partial charge in [0, 0.05) is 13.1 Å². The van der Waals surface area contributed by atoms with Crippen LogP contribution in [0.25, 0.3) is 0 Å². The Labute approximate surface area is 103 Å². The summed E-state index contributed by atoms with van der Waals surface area (Å²) in [5, 5.41) is 21.2. The number of aliphatic hydroxyl groups excluding tert-OH is 2. The summed E-state index contributed by atoms with van der Waals surface area (Å²) in [6.07, 6.45) is 2.51. The van der Waals surface area contributed by atoms with E-state index in [9.17, 15) is 4.79 Å². The van der Waals surface area contributed by atoms with E-state index < -0.39 is 0 Å². The van der Waals surface area contributed by atoms with Gasteiger partial charge in [-0.1, -0.05) is 6.92 Å². The molecular formula is C12H24N2O3. The van der Waals surface area contributed by atoms with Crippen LogP contribution in [0.2, 0.25) is 0 Å². The summed E-state index contributed by atoms with van der Waals surface area (Å²) in [6, 6.07) is 0. The number of amides is 1. The Bertz CT molecular complexity index is 234. The average Bonchev–Trinajstić information content (AvgIpc) is 2.38. The molecule has 0 saturated carbocycles. The highest BCUT2D eigenvalue weighted by atomic mass is 16.3. The number of carbonyl (C=O) groups is 1. The predicted octanol–water partition coefficient (Wildman–Crippen LogP) is -0.421. The molecule has 1 fully saturated rings. The second-order valence-corrected chi connectivity index (χ2v) is 4.62. The van der Waals surface area contributed by atoms with Crippen molar-refractivity contribution in [3.8, 4) is 0 Å². The van der Waals surface area contributed by atoms with Crippen LogP contribution >= 0.6 is 0 Å². The minimum Gasteiger partial charge on any atom is -0.395 e. The zero-order chi connectivity index (χ0) is 12.7. The van der Waals surface area contributed by atoms with E-state index in [4.69, 9.17) is 10.2 Å². The van der Waals surface area contributed by atoms with E-state index in [0.29, 0.717) is 13.1 Å². The molecule has 0 spiro atoms. The summed E-state index contributed by atoms with van der Waals surface area (Å²) in [4.78, 5) is 14.1. The van der Waals surface area contributed by atoms with Crippen LogP contribution < -0.4 is 5.32 Å². The van der Waals surface area contributed by atoms with Gasteiger partial charge in [-0.05, 0) is 32.4 Å². The molecule has 0 unspecified atom stereocenters. The summed E-state index contributed by atoms with van der Waals surface area (Å²) in [6.45, 7) is 4.30. The van der Waals surface area contributed by atoms with E-state index in [1.54, 1.807) is 4.90 Å². The molecule has 1 aliphatic rings. The lowest BCUT2D eigenvalue weighted by molar-refractivity contribution is -0.145. The van der Waals surface area contributed by atoms with E-state index in [-0.39, 0.29) is 24.5 Å². The lowest BCUT2D eigenvalue weighted by Gasteiger charge is -2.39. The van der Waals surface area contributed by atoms with E-state index in [2.05, 4.69) is 5.32 Å². The first-order chi connectivity index (χ1) is 8.20. The maximum atomic E-state index is 12.5. The summed E-state index contributed by atoms with van der Waals surface area (Å²) in [7, 11) is 0. The maximum absolute atomic E-state index is 12.5. The molecule has 1 amide bonds. The first-order valence-corrected chi connectivity index (χ1v) is 6.42. The number of nitrogens with zero attached hydrogens (tertiary/aromatic N) is 1. The van der Waals surface area contributed by atoms with Gasteiger partial charge in [0.15, 0.2) is 0 Å². The van der Waals surface area contributed by atoms with Gasteiger partial charge < -0.3 is 20.4 Å². The molecule has 0 bridgehead atoms. The van der Waals surface area contributed by atoms with Crippen molar-refractivity contribution in [1.29, 1.82) is 0 Å². The number of hydrogen-bond donors (Lipinski definition) is 3. The molecule has 3 N–H and O–H groups in total. The molecule has 1 saturated heterocycles. The Morgan fingerprint density at radius 3 is 2.18 bits per heavy atom. The monoisotopic (exact) mass is 244 g/mol. The molecule has 17 heavy (non-hydrogen) atoms. The molecule has 0 aromatic carbocycles. The Kier molecular flexibility index (Phi) is 5.88. The van der Waals surface area contributed by atoms with E-state index in [1.807, 2.05) is 6.92 Å². The first-order valence-electron chi connectivity index (χ1n) is 6.42. The lowest BCUT2D eigenvalue weighted by atomic mass is 9.75. The van der Waals surface area contributed by atoms with Gasteiger partial charge in [0.1, 0.15) is 0 Å². The van der Waals surface area contributed by atoms with E-state index in [1.165, 1.54) is 0 Å². The maximum Gasteiger partial charge on any atom is 0.229 e. The summed E-state index contributed by atoms with van der Waals surface area (Å²) in [5.74, 6) is 0.0876. The van der Waals surface area contributed by atoms with Gasteiger partial charge in [-0.25, -0.2) is 0 Å². The largest absolute Gasteiger partial charge is 0.395 e. The van der Waals surface area contributed by atoms with E-state index >= 15 is 0 Å². The molecule has 1 aliphatic heterocycles. The Hall–Kier alpha value is -0.650. The second-order valence-electron chi connectivity index (χ2n) is 4.62. The number of nitrogens with one attached hydrogen (secondary N) is 1. The van der Waals surface area contributed by atoms with Crippen LogP contribution in [-0.2, 0) is 4.79 Å². The highest BCUT2D eigenvalue weighted by Gasteiger charge is 2.40. The molecule has 0 aromatic heterocycles. The number of rotatable bonds is 6. The molecule has 1 rings (SSSR count). The van der Waals surface area contributed by atoms with Crippen molar-refractivity contribution in [1.82, 2.24) is 10.2 Å². The zero-order valence-electron chi connectivity index (χ0n) is 10.6. The third-order valence-corrected chi connectivity index (χ3v) is 3.72. The smallest absolute Gasteiger partial charge is 0.229 e. The fourth-order valence-electron chi connectivity index (χ4n) is 2.52. The van der Waals surface area contributed by atoms with Gasteiger partial charge in [-0.15, -0.1) is 0 Å². The first kappa shape index (κ1) is 14.4. The van der Waals surface area contributed by atoms with Crippen LogP contribution in [0.4, 0.5) is 0 Å². The van der Waals surface area contributed by atoms with Crippen LogP contribution in [-0.4, -0.2) is 60.4 Å². The summed E-state index contributed by atoms with van der Waals surface area (Å²) < 4.78 is 0. The lowest BCUT2D eigenvalue weighted by Crippen LogP contribution is -2.50. The molecule has 5 nitrogen and oxygen atoms in total. The van der Waals surface area contributed by atoms with Crippen LogP contribution in [0.5, 0.6) is 0 Å². The van der Waals surface area contributed by atoms with Crippen molar-refractivity contribution in [2.45, 2.75) is 26.2 Å². The van der Waals surface area contributed by atoms with Gasteiger partial charge in [0.05, 0.1) is 18.6 Å². The molecule has 1 heterocycles. The van der Waals surface area contributed by atoms with Crippen LogP contribution in [0.15, 0.2) is 0 Å². The Morgan fingerprint density at radius 1 is 1.24 bits per heavy atom. The highest BCUT2D eigenvalue weighted by Crippen LogP contribution is 2.34. The zero-order valence-corrected chi connectivity index (χ0v) is 10.6. The minimum atomic E-state index is -0.296. The molecular weight excluding hydrogens is 220 g/mol. The van der Waals surface area contributed by atoms with Crippen molar-refractivity contribution in [3.05, 3.63) is 0 Å². The number of hydrogen-bond acceptors (Lipinski definition) is 4. The molecule has 5 heteroatoms. The second kappa shape index (κ2) is 6.93. The fourth-order valence-corrected chi connectivity index (χ4v) is 2.52. The molecule has 0 radical (unpaired) electrons. The van der Waals surface area contributed by atoms with Gasteiger partial charge >= 0.3 is 0 Å². The van der Waals surface area contributed by atoms with Crippen molar-refractivity contribution < 1.29 is 15.0 Å². The van der Waals surface area contributed by atoms with Gasteiger partial charge in [-0.3, -0.25) is 4.79 Å². The number of piperidine rings is 1. The molecule has 0 aromatic rings. The van der Waals surface area contributed by atoms with Crippen molar-refractivity contribution in [2.75, 3.05) is 39.4 Å². The van der Waals surface area contributed by atoms with Crippen molar-refractivity contribution >= 4 is 5.91 Å². The normalized spacial score (nSPS) is 19.0. The van der Waals surface area contributed by atoms with Gasteiger partial charge in [-0.2, -0.15) is 0 Å². The van der Waals surface area contributed by atoms with Crippen molar-refractivity contribution in [3.63, 3.8) is 0 Å². The Balaban J connectivity index is 2.74. The Morgan fingerprint density at radius 2 is 1.76 bits per heavy atom. The number of carbonyl (C=O) groups excluding carboxylic acids is 1. The molecule has 0 atom stereocenters. The quantitative estimate of drug-likeness (QED) is 0.593. The average molecular weight is 244 g/mol. The van der Waals surface area contributed by atoms with Gasteiger partial charge in [0.2, 0.25) is 5.91 Å².